The first-order valence-corrected chi connectivity index (χ1v) is 6.44. The van der Waals surface area contributed by atoms with Gasteiger partial charge in [0.2, 0.25) is 0 Å². The maximum Gasteiger partial charge on any atom is 0.253 e. The largest absolute Gasteiger partial charge is 0.337 e. The maximum absolute atomic E-state index is 13.1. The van der Waals surface area contributed by atoms with Gasteiger partial charge in [0.25, 0.3) is 5.91 Å². The Bertz CT molecular complexity index is 612. The van der Waals surface area contributed by atoms with Gasteiger partial charge in [-0.05, 0) is 34.1 Å². The predicted molar refractivity (Wildman–Crippen MR) is 73.1 cm³/mol. The third-order valence-electron chi connectivity index (χ3n) is 2.69. The van der Waals surface area contributed by atoms with E-state index in [1.165, 1.54) is 18.2 Å². The Morgan fingerprint density at radius 2 is 2.26 bits per heavy atom. The third-order valence-corrected chi connectivity index (χ3v) is 3.30. The van der Waals surface area contributed by atoms with Crippen LogP contribution in [0.1, 0.15) is 15.9 Å². The van der Waals surface area contributed by atoms with E-state index in [2.05, 4.69) is 21.0 Å². The maximum atomic E-state index is 13.1. The van der Waals surface area contributed by atoms with Crippen LogP contribution in [0.4, 0.5) is 4.39 Å². The number of hydrogen-bond acceptors (Lipinski definition) is 2. The van der Waals surface area contributed by atoms with Crippen LogP contribution < -0.4 is 0 Å². The highest BCUT2D eigenvalue weighted by molar-refractivity contribution is 9.10. The van der Waals surface area contributed by atoms with Gasteiger partial charge in [0, 0.05) is 38.0 Å². The first-order chi connectivity index (χ1) is 8.97. The summed E-state index contributed by atoms with van der Waals surface area (Å²) in [7, 11) is 3.52. The molecule has 0 atom stereocenters. The summed E-state index contributed by atoms with van der Waals surface area (Å²) in [6.45, 7) is 0.460. The molecule has 0 saturated carbocycles. The summed E-state index contributed by atoms with van der Waals surface area (Å²) >= 11 is 3.07. The molecule has 1 aromatic carbocycles. The van der Waals surface area contributed by atoms with E-state index in [9.17, 15) is 9.18 Å². The van der Waals surface area contributed by atoms with Gasteiger partial charge in [-0.3, -0.25) is 9.48 Å². The van der Waals surface area contributed by atoms with Gasteiger partial charge in [0.15, 0.2) is 0 Å². The molecule has 1 heterocycles. The zero-order chi connectivity index (χ0) is 14.0. The topological polar surface area (TPSA) is 38.1 Å². The number of amides is 1. The fourth-order valence-electron chi connectivity index (χ4n) is 1.75. The Morgan fingerprint density at radius 1 is 1.53 bits per heavy atom. The second-order valence-corrected chi connectivity index (χ2v) is 5.17. The van der Waals surface area contributed by atoms with E-state index in [0.717, 1.165) is 5.56 Å². The molecular formula is C13H13BrFN3O. The Labute approximate surface area is 119 Å². The molecule has 100 valence electrons. The molecule has 0 aliphatic rings. The number of nitrogens with zero attached hydrogens (tertiary/aromatic N) is 3. The zero-order valence-electron chi connectivity index (χ0n) is 10.6. The molecule has 0 unspecified atom stereocenters. The van der Waals surface area contributed by atoms with Crippen LogP contribution in [0.15, 0.2) is 35.1 Å². The number of hydrogen-bond donors (Lipinski definition) is 0. The smallest absolute Gasteiger partial charge is 0.253 e. The SMILES string of the molecule is CN(Cc1cnn(C)c1)C(=O)c1ccc(F)c(Br)c1. The molecule has 1 aromatic heterocycles. The minimum absolute atomic E-state index is 0.162. The van der Waals surface area contributed by atoms with Gasteiger partial charge in [0.1, 0.15) is 5.82 Å². The first kappa shape index (κ1) is 13.7. The van der Waals surface area contributed by atoms with E-state index in [0.29, 0.717) is 12.1 Å². The highest BCUT2D eigenvalue weighted by Crippen LogP contribution is 2.18. The van der Waals surface area contributed by atoms with E-state index in [4.69, 9.17) is 0 Å². The molecular weight excluding hydrogens is 313 g/mol. The molecule has 0 radical (unpaired) electrons. The molecule has 0 aliphatic heterocycles. The van der Waals surface area contributed by atoms with Crippen molar-refractivity contribution < 1.29 is 9.18 Å². The lowest BCUT2D eigenvalue weighted by Gasteiger charge is -2.16. The molecule has 6 heteroatoms. The van der Waals surface area contributed by atoms with Crippen molar-refractivity contribution in [3.05, 3.63) is 52.0 Å². The lowest BCUT2D eigenvalue weighted by Crippen LogP contribution is -2.26. The van der Waals surface area contributed by atoms with E-state index < -0.39 is 0 Å². The van der Waals surface area contributed by atoms with Crippen LogP contribution in [-0.2, 0) is 13.6 Å². The predicted octanol–water partition coefficient (Wildman–Crippen LogP) is 2.59. The molecule has 4 nitrogen and oxygen atoms in total. The van der Waals surface area contributed by atoms with Gasteiger partial charge in [-0.2, -0.15) is 5.10 Å². The molecule has 2 aromatic rings. The minimum atomic E-state index is -0.383. The summed E-state index contributed by atoms with van der Waals surface area (Å²) in [6.07, 6.45) is 3.56. The molecule has 0 aliphatic carbocycles. The van der Waals surface area contributed by atoms with Gasteiger partial charge in [0.05, 0.1) is 10.7 Å². The van der Waals surface area contributed by atoms with Crippen LogP contribution in [-0.4, -0.2) is 27.6 Å². The molecule has 0 saturated heterocycles. The van der Waals surface area contributed by atoms with Gasteiger partial charge in [-0.1, -0.05) is 0 Å². The average molecular weight is 326 g/mol. The lowest BCUT2D eigenvalue weighted by atomic mass is 10.2. The molecule has 0 fully saturated rings. The summed E-state index contributed by atoms with van der Waals surface area (Å²) < 4.78 is 15.1. The fourth-order valence-corrected chi connectivity index (χ4v) is 2.13. The van der Waals surface area contributed by atoms with Crippen LogP contribution in [0.25, 0.3) is 0 Å². The Hall–Kier alpha value is -1.69. The lowest BCUT2D eigenvalue weighted by molar-refractivity contribution is 0.0785. The summed E-state index contributed by atoms with van der Waals surface area (Å²) in [5, 5.41) is 4.05. The zero-order valence-corrected chi connectivity index (χ0v) is 12.2. The Kier molecular flexibility index (Phi) is 3.99. The number of benzene rings is 1. The number of carbonyl (C=O) groups excluding carboxylic acids is 1. The van der Waals surface area contributed by atoms with Crippen LogP contribution >= 0.6 is 15.9 Å². The first-order valence-electron chi connectivity index (χ1n) is 5.65. The highest BCUT2D eigenvalue weighted by Gasteiger charge is 2.14. The van der Waals surface area contributed by atoms with Crippen LogP contribution in [0.2, 0.25) is 0 Å². The van der Waals surface area contributed by atoms with Crippen molar-refractivity contribution in [2.24, 2.45) is 7.05 Å². The average Bonchev–Trinajstić information content (AvgIpc) is 2.77. The van der Waals surface area contributed by atoms with Crippen molar-refractivity contribution in [2.75, 3.05) is 7.05 Å². The van der Waals surface area contributed by atoms with Crippen molar-refractivity contribution in [2.45, 2.75) is 6.54 Å². The third kappa shape index (κ3) is 3.20. The number of aryl methyl sites for hydroxylation is 1. The summed E-state index contributed by atoms with van der Waals surface area (Å²) in [6, 6.07) is 4.23. The second kappa shape index (κ2) is 5.52. The minimum Gasteiger partial charge on any atom is -0.337 e. The van der Waals surface area contributed by atoms with E-state index in [1.54, 1.807) is 22.8 Å². The van der Waals surface area contributed by atoms with Gasteiger partial charge >= 0.3 is 0 Å². The van der Waals surface area contributed by atoms with Gasteiger partial charge < -0.3 is 4.90 Å². The molecule has 0 bridgehead atoms. The van der Waals surface area contributed by atoms with Crippen molar-refractivity contribution in [3.63, 3.8) is 0 Å². The normalized spacial score (nSPS) is 10.5. The van der Waals surface area contributed by atoms with E-state index in [1.807, 2.05) is 13.2 Å². The number of rotatable bonds is 3. The van der Waals surface area contributed by atoms with E-state index in [-0.39, 0.29) is 16.2 Å². The molecule has 0 N–H and O–H groups in total. The standard InChI is InChI=1S/C13H13BrFN3O/c1-17(7-9-6-16-18(2)8-9)13(19)10-3-4-12(15)11(14)5-10/h3-6,8H,7H2,1-2H3. The quantitative estimate of drug-likeness (QED) is 0.870. The van der Waals surface area contributed by atoms with Crippen LogP contribution in [0, 0.1) is 5.82 Å². The Morgan fingerprint density at radius 3 is 2.84 bits per heavy atom. The van der Waals surface area contributed by atoms with Crippen molar-refractivity contribution in [1.29, 1.82) is 0 Å². The molecule has 19 heavy (non-hydrogen) atoms. The van der Waals surface area contributed by atoms with Crippen molar-refractivity contribution >= 4 is 21.8 Å². The number of carbonyl (C=O) groups is 1. The molecule has 0 spiro atoms. The van der Waals surface area contributed by atoms with E-state index >= 15 is 0 Å². The van der Waals surface area contributed by atoms with Crippen LogP contribution in [0.5, 0.6) is 0 Å². The number of aromatic nitrogens is 2. The van der Waals surface area contributed by atoms with Gasteiger partial charge in [-0.25, -0.2) is 4.39 Å². The van der Waals surface area contributed by atoms with Crippen LogP contribution in [0.3, 0.4) is 0 Å². The Balaban J connectivity index is 2.12. The monoisotopic (exact) mass is 325 g/mol. The van der Waals surface area contributed by atoms with Crippen molar-refractivity contribution in [1.82, 2.24) is 14.7 Å². The number of halogens is 2. The fraction of sp³-hybridized carbons (Fsp3) is 0.231. The highest BCUT2D eigenvalue weighted by atomic mass is 79.9. The van der Waals surface area contributed by atoms with Gasteiger partial charge in [-0.15, -0.1) is 0 Å². The molecule has 2 rings (SSSR count). The van der Waals surface area contributed by atoms with Crippen molar-refractivity contribution in [3.8, 4) is 0 Å². The summed E-state index contributed by atoms with van der Waals surface area (Å²) in [5.74, 6) is -0.545. The molecule has 1 amide bonds. The summed E-state index contributed by atoms with van der Waals surface area (Å²) in [5.41, 5.74) is 1.39. The second-order valence-electron chi connectivity index (χ2n) is 4.31. The summed E-state index contributed by atoms with van der Waals surface area (Å²) in [4.78, 5) is 13.7.